The molecule has 0 fully saturated rings. The molecule has 158 valence electrons. The highest BCUT2D eigenvalue weighted by Crippen LogP contribution is 2.28. The molecule has 1 N–H and O–H groups in total. The van der Waals surface area contributed by atoms with Crippen molar-refractivity contribution in [3.05, 3.63) is 53.1 Å². The van der Waals surface area contributed by atoms with E-state index in [1.165, 1.54) is 18.2 Å². The number of amides is 1. The van der Waals surface area contributed by atoms with E-state index < -0.39 is 15.9 Å². The van der Waals surface area contributed by atoms with Gasteiger partial charge in [-0.05, 0) is 42.8 Å². The number of hydrogen-bond acceptors (Lipinski definition) is 5. The average Bonchev–Trinajstić information content (AvgIpc) is 2.72. The molecule has 0 spiro atoms. The Kier molecular flexibility index (Phi) is 8.31. The van der Waals surface area contributed by atoms with Crippen LogP contribution in [0.2, 0.25) is 5.02 Å². The maximum Gasteiger partial charge on any atom is 0.243 e. The molecule has 0 heterocycles. The molecule has 0 aliphatic heterocycles. The lowest BCUT2D eigenvalue weighted by molar-refractivity contribution is -0.121. The molecule has 0 aliphatic rings. The molecule has 0 radical (unpaired) electrons. The number of rotatable bonds is 10. The normalized spacial score (nSPS) is 11.3. The summed E-state index contributed by atoms with van der Waals surface area (Å²) < 4.78 is 37.3. The van der Waals surface area contributed by atoms with Gasteiger partial charge in [-0.2, -0.15) is 4.31 Å². The summed E-state index contributed by atoms with van der Waals surface area (Å²) >= 11 is 6.11. The van der Waals surface area contributed by atoms with Crippen molar-refractivity contribution in [1.29, 1.82) is 0 Å². The Hall–Kier alpha value is -2.29. The van der Waals surface area contributed by atoms with E-state index in [2.05, 4.69) is 5.32 Å². The van der Waals surface area contributed by atoms with Crippen molar-refractivity contribution < 1.29 is 22.7 Å². The fourth-order valence-corrected chi connectivity index (χ4v) is 4.32. The smallest absolute Gasteiger partial charge is 0.243 e. The topological polar surface area (TPSA) is 84.9 Å². The van der Waals surface area contributed by atoms with E-state index in [0.29, 0.717) is 12.4 Å². The van der Waals surface area contributed by atoms with Crippen molar-refractivity contribution in [2.24, 2.45) is 0 Å². The van der Waals surface area contributed by atoms with E-state index in [1.807, 2.05) is 19.1 Å². The Morgan fingerprint density at radius 1 is 1.14 bits per heavy atom. The zero-order valence-corrected chi connectivity index (χ0v) is 18.2. The van der Waals surface area contributed by atoms with E-state index >= 15 is 0 Å². The van der Waals surface area contributed by atoms with Crippen LogP contribution in [0.15, 0.2) is 47.4 Å². The van der Waals surface area contributed by atoms with Gasteiger partial charge in [0.2, 0.25) is 15.9 Å². The number of likely N-dealkylation sites (N-methyl/N-ethyl adjacent to an activating group) is 1. The molecule has 0 saturated carbocycles. The fraction of sp³-hybridized carbons (Fsp3) is 0.350. The molecule has 1 amide bonds. The van der Waals surface area contributed by atoms with Crippen LogP contribution in [0.1, 0.15) is 19.4 Å². The molecule has 2 rings (SSSR count). The number of hydrogen-bond donors (Lipinski definition) is 1. The number of carbonyl (C=O) groups excluding carboxylic acids is 1. The Labute approximate surface area is 176 Å². The number of halogens is 1. The second-order valence-corrected chi connectivity index (χ2v) is 8.43. The van der Waals surface area contributed by atoms with E-state index in [4.69, 9.17) is 21.1 Å². The average molecular weight is 441 g/mol. The minimum atomic E-state index is -3.88. The van der Waals surface area contributed by atoms with E-state index in [9.17, 15) is 13.2 Å². The van der Waals surface area contributed by atoms with Gasteiger partial charge in [-0.3, -0.25) is 4.79 Å². The summed E-state index contributed by atoms with van der Waals surface area (Å²) in [5.74, 6) is 0.731. The monoisotopic (exact) mass is 440 g/mol. The Bertz CT molecular complexity index is 932. The lowest BCUT2D eigenvalue weighted by atomic mass is 10.2. The van der Waals surface area contributed by atoms with Crippen molar-refractivity contribution in [2.75, 3.05) is 26.8 Å². The van der Waals surface area contributed by atoms with E-state index in [1.54, 1.807) is 26.2 Å². The molecule has 2 aromatic rings. The van der Waals surface area contributed by atoms with Gasteiger partial charge in [0, 0.05) is 13.1 Å². The molecule has 2 aromatic carbocycles. The minimum absolute atomic E-state index is 0.00996. The molecule has 0 unspecified atom stereocenters. The molecule has 0 aliphatic carbocycles. The number of nitrogens with zero attached hydrogens (tertiary/aromatic N) is 1. The second-order valence-electron chi connectivity index (χ2n) is 6.08. The lowest BCUT2D eigenvalue weighted by Gasteiger charge is -2.20. The first kappa shape index (κ1) is 23.0. The largest absolute Gasteiger partial charge is 0.497 e. The zero-order valence-electron chi connectivity index (χ0n) is 16.6. The quantitative estimate of drug-likeness (QED) is 0.613. The van der Waals surface area contributed by atoms with Gasteiger partial charge in [0.15, 0.2) is 0 Å². The maximum atomic E-state index is 12.9. The molecule has 0 saturated heterocycles. The summed E-state index contributed by atoms with van der Waals surface area (Å²) in [7, 11) is -2.30. The summed E-state index contributed by atoms with van der Waals surface area (Å²) in [5, 5.41) is 2.93. The van der Waals surface area contributed by atoms with Gasteiger partial charge >= 0.3 is 0 Å². The summed E-state index contributed by atoms with van der Waals surface area (Å²) in [6.45, 7) is 4.04. The maximum absolute atomic E-state index is 12.9. The first-order valence-corrected chi connectivity index (χ1v) is 11.0. The minimum Gasteiger partial charge on any atom is -0.497 e. The van der Waals surface area contributed by atoms with E-state index in [0.717, 1.165) is 15.6 Å². The number of carbonyl (C=O) groups is 1. The third-order valence-corrected chi connectivity index (χ3v) is 6.37. The number of benzene rings is 2. The highest BCUT2D eigenvalue weighted by atomic mass is 35.5. The second kappa shape index (κ2) is 10.5. The van der Waals surface area contributed by atoms with Gasteiger partial charge in [0.1, 0.15) is 11.5 Å². The highest BCUT2D eigenvalue weighted by Gasteiger charge is 2.26. The van der Waals surface area contributed by atoms with Crippen LogP contribution in [-0.2, 0) is 21.4 Å². The van der Waals surface area contributed by atoms with Gasteiger partial charge in [-0.25, -0.2) is 8.42 Å². The SMILES string of the molecule is CCOc1ccc(S(=O)(=O)N(CC)CC(=O)NCc2ccc(OC)cc2)cc1Cl. The van der Waals surface area contributed by atoms with Crippen molar-refractivity contribution in [3.63, 3.8) is 0 Å². The summed E-state index contributed by atoms with van der Waals surface area (Å²) in [6.07, 6.45) is 0. The number of ether oxygens (including phenoxy) is 2. The Balaban J connectivity index is 2.04. The van der Waals surface area contributed by atoms with Crippen molar-refractivity contribution in [3.8, 4) is 11.5 Å². The van der Waals surface area contributed by atoms with Gasteiger partial charge in [-0.1, -0.05) is 30.7 Å². The third kappa shape index (κ3) is 6.09. The van der Waals surface area contributed by atoms with Crippen LogP contribution >= 0.6 is 11.6 Å². The van der Waals surface area contributed by atoms with Crippen LogP contribution in [0.4, 0.5) is 0 Å². The van der Waals surface area contributed by atoms with E-state index in [-0.39, 0.29) is 29.6 Å². The summed E-state index contributed by atoms with van der Waals surface area (Å²) in [6, 6.07) is 11.5. The Morgan fingerprint density at radius 2 is 1.83 bits per heavy atom. The molecule has 0 aromatic heterocycles. The predicted molar refractivity (Wildman–Crippen MR) is 112 cm³/mol. The molecular weight excluding hydrogens is 416 g/mol. The van der Waals surface area contributed by atoms with Crippen molar-refractivity contribution >= 4 is 27.5 Å². The number of sulfonamides is 1. The Morgan fingerprint density at radius 3 is 2.38 bits per heavy atom. The van der Waals surface area contributed by atoms with Crippen LogP contribution < -0.4 is 14.8 Å². The van der Waals surface area contributed by atoms with Gasteiger partial charge in [0.25, 0.3) is 0 Å². The molecule has 7 nitrogen and oxygen atoms in total. The van der Waals surface area contributed by atoms with Crippen molar-refractivity contribution in [2.45, 2.75) is 25.3 Å². The van der Waals surface area contributed by atoms with Crippen LogP contribution in [0, 0.1) is 0 Å². The van der Waals surface area contributed by atoms with Crippen LogP contribution in [0.3, 0.4) is 0 Å². The standard InChI is InChI=1S/C20H25ClN2O5S/c1-4-23(14-20(24)22-13-15-6-8-16(27-3)9-7-15)29(25,26)17-10-11-19(28-5-2)18(21)12-17/h6-12H,4-5,13-14H2,1-3H3,(H,22,24). The van der Waals surface area contributed by atoms with Gasteiger partial charge in [0.05, 0.1) is 30.2 Å². The van der Waals surface area contributed by atoms with Crippen LogP contribution in [-0.4, -0.2) is 45.4 Å². The molecule has 9 heteroatoms. The molecule has 29 heavy (non-hydrogen) atoms. The molecule has 0 bridgehead atoms. The lowest BCUT2D eigenvalue weighted by Crippen LogP contribution is -2.40. The third-order valence-electron chi connectivity index (χ3n) is 4.16. The van der Waals surface area contributed by atoms with Crippen LogP contribution in [0.5, 0.6) is 11.5 Å². The number of nitrogens with one attached hydrogen (secondary N) is 1. The first-order chi connectivity index (χ1) is 13.8. The van der Waals surface area contributed by atoms with Crippen LogP contribution in [0.25, 0.3) is 0 Å². The fourth-order valence-electron chi connectivity index (χ4n) is 2.59. The summed E-state index contributed by atoms with van der Waals surface area (Å²) in [5.41, 5.74) is 0.878. The first-order valence-electron chi connectivity index (χ1n) is 9.14. The predicted octanol–water partition coefficient (Wildman–Crippen LogP) is 3.07. The van der Waals surface area contributed by atoms with Crippen molar-refractivity contribution in [1.82, 2.24) is 9.62 Å². The zero-order chi connectivity index (χ0) is 21.4. The highest BCUT2D eigenvalue weighted by molar-refractivity contribution is 7.89. The molecule has 0 atom stereocenters. The molecular formula is C20H25ClN2O5S. The number of methoxy groups -OCH3 is 1. The summed E-state index contributed by atoms with van der Waals surface area (Å²) in [4.78, 5) is 12.3. The van der Waals surface area contributed by atoms with Gasteiger partial charge < -0.3 is 14.8 Å². The van der Waals surface area contributed by atoms with Gasteiger partial charge in [-0.15, -0.1) is 0 Å².